The molecule has 0 saturated carbocycles. The Labute approximate surface area is 224 Å². The summed E-state index contributed by atoms with van der Waals surface area (Å²) in [6, 6.07) is 6.73. The Balaban J connectivity index is 1.81. The number of carboxylic acid groups (broad SMARTS) is 1. The Kier molecular flexibility index (Phi) is 11.0. The second kappa shape index (κ2) is 14.6. The normalized spacial score (nSPS) is 11.4. The molecule has 2 heterocycles. The number of methoxy groups -OCH3 is 1. The standard InChI is InChI=1S/C25H30ClN7O5/c1-38-20-7-5-16(12-19(20)26)13-29-23-18(24(37)30-15-21-27-9-3-10-28-21)14-31-25(33-23)32-17(4-2-11-34)6-8-22(35)36/h3,5,7,9-10,12,14,17,34H,2,4,6,8,11,13,15H2,1H3,(H,30,37)(H,35,36)(H2,29,31,32,33). The molecule has 1 aromatic carbocycles. The van der Waals surface area contributed by atoms with Crippen molar-refractivity contribution in [3.8, 4) is 5.75 Å². The zero-order valence-electron chi connectivity index (χ0n) is 20.9. The van der Waals surface area contributed by atoms with Gasteiger partial charge in [0.15, 0.2) is 0 Å². The third kappa shape index (κ3) is 8.82. The lowest BCUT2D eigenvalue weighted by Crippen LogP contribution is -2.27. The highest BCUT2D eigenvalue weighted by Crippen LogP contribution is 2.25. The largest absolute Gasteiger partial charge is 0.495 e. The summed E-state index contributed by atoms with van der Waals surface area (Å²) in [6.07, 6.45) is 5.85. The SMILES string of the molecule is COc1ccc(CNc2nc(NC(CCCO)CCC(=O)O)ncc2C(=O)NCc2ncccn2)cc1Cl. The zero-order chi connectivity index (χ0) is 27.3. The molecule has 12 nitrogen and oxygen atoms in total. The van der Waals surface area contributed by atoms with Crippen molar-refractivity contribution in [3.63, 3.8) is 0 Å². The highest BCUT2D eigenvalue weighted by Gasteiger charge is 2.18. The smallest absolute Gasteiger partial charge is 0.303 e. The minimum Gasteiger partial charge on any atom is -0.495 e. The van der Waals surface area contributed by atoms with Crippen LogP contribution in [0.3, 0.4) is 0 Å². The van der Waals surface area contributed by atoms with Crippen molar-refractivity contribution in [2.45, 2.75) is 44.8 Å². The predicted octanol–water partition coefficient (Wildman–Crippen LogP) is 2.89. The van der Waals surface area contributed by atoms with E-state index in [2.05, 4.69) is 35.9 Å². The molecule has 0 fully saturated rings. The van der Waals surface area contributed by atoms with Gasteiger partial charge in [-0.15, -0.1) is 0 Å². The lowest BCUT2D eigenvalue weighted by Gasteiger charge is -2.19. The van der Waals surface area contributed by atoms with Gasteiger partial charge in [-0.3, -0.25) is 9.59 Å². The molecule has 2 aromatic heterocycles. The first kappa shape index (κ1) is 28.5. The number of hydrogen-bond donors (Lipinski definition) is 5. The topological polar surface area (TPSA) is 171 Å². The van der Waals surface area contributed by atoms with E-state index in [9.17, 15) is 14.7 Å². The molecule has 0 bridgehead atoms. The molecule has 0 spiro atoms. The fraction of sp³-hybridized carbons (Fsp3) is 0.360. The number of nitrogens with zero attached hydrogens (tertiary/aromatic N) is 4. The van der Waals surface area contributed by atoms with Gasteiger partial charge in [-0.25, -0.2) is 15.0 Å². The van der Waals surface area contributed by atoms with Gasteiger partial charge in [0.05, 0.1) is 18.7 Å². The molecule has 0 aliphatic carbocycles. The number of halogens is 1. The summed E-state index contributed by atoms with van der Waals surface area (Å²) in [4.78, 5) is 41.0. The quantitative estimate of drug-likeness (QED) is 0.191. The van der Waals surface area contributed by atoms with Gasteiger partial charge < -0.3 is 30.9 Å². The predicted molar refractivity (Wildman–Crippen MR) is 141 cm³/mol. The first-order valence-corrected chi connectivity index (χ1v) is 12.3. The van der Waals surface area contributed by atoms with Gasteiger partial charge in [0.25, 0.3) is 5.91 Å². The van der Waals surface area contributed by atoms with Gasteiger partial charge in [-0.05, 0) is 43.0 Å². The van der Waals surface area contributed by atoms with Crippen LogP contribution >= 0.6 is 11.6 Å². The third-order valence-corrected chi connectivity index (χ3v) is 5.78. The summed E-state index contributed by atoms with van der Waals surface area (Å²) in [5.41, 5.74) is 1.03. The molecular weight excluding hydrogens is 514 g/mol. The van der Waals surface area contributed by atoms with Crippen LogP contribution in [0.2, 0.25) is 5.02 Å². The molecular formula is C25H30ClN7O5. The molecule has 1 atom stereocenters. The van der Waals surface area contributed by atoms with E-state index in [0.29, 0.717) is 42.4 Å². The average Bonchev–Trinajstić information content (AvgIpc) is 2.92. The Bertz CT molecular complexity index is 1220. The van der Waals surface area contributed by atoms with Crippen LogP contribution < -0.4 is 20.7 Å². The van der Waals surface area contributed by atoms with E-state index in [0.717, 1.165) is 5.56 Å². The highest BCUT2D eigenvalue weighted by atomic mass is 35.5. The summed E-state index contributed by atoms with van der Waals surface area (Å²) in [7, 11) is 1.53. The number of hydrogen-bond acceptors (Lipinski definition) is 10. The number of aliphatic hydroxyl groups is 1. The van der Waals surface area contributed by atoms with Gasteiger partial charge in [0.2, 0.25) is 5.95 Å². The van der Waals surface area contributed by atoms with E-state index < -0.39 is 11.9 Å². The number of anilines is 2. The molecule has 0 saturated heterocycles. The van der Waals surface area contributed by atoms with Crippen LogP contribution in [0.25, 0.3) is 0 Å². The van der Waals surface area contributed by atoms with Gasteiger partial charge in [-0.2, -0.15) is 4.98 Å². The summed E-state index contributed by atoms with van der Waals surface area (Å²) < 4.78 is 5.20. The van der Waals surface area contributed by atoms with E-state index in [-0.39, 0.29) is 42.9 Å². The molecule has 1 unspecified atom stereocenters. The molecule has 5 N–H and O–H groups in total. The van der Waals surface area contributed by atoms with Gasteiger partial charge >= 0.3 is 5.97 Å². The molecule has 3 rings (SSSR count). The van der Waals surface area contributed by atoms with Crippen molar-refractivity contribution < 1.29 is 24.5 Å². The Morgan fingerprint density at radius 1 is 1.13 bits per heavy atom. The molecule has 38 heavy (non-hydrogen) atoms. The van der Waals surface area contributed by atoms with Crippen LogP contribution in [0.15, 0.2) is 42.9 Å². The molecule has 1 amide bonds. The lowest BCUT2D eigenvalue weighted by atomic mass is 10.1. The number of aliphatic carboxylic acids is 1. The number of carbonyl (C=O) groups excluding carboxylic acids is 1. The summed E-state index contributed by atoms with van der Waals surface area (Å²) in [6.45, 7) is 0.397. The summed E-state index contributed by atoms with van der Waals surface area (Å²) in [5, 5.41) is 27.8. The van der Waals surface area contributed by atoms with Crippen LogP contribution in [0.4, 0.5) is 11.8 Å². The van der Waals surface area contributed by atoms with Crippen molar-refractivity contribution in [2.24, 2.45) is 0 Å². The van der Waals surface area contributed by atoms with Crippen LogP contribution in [0, 0.1) is 0 Å². The van der Waals surface area contributed by atoms with E-state index in [4.69, 9.17) is 21.4 Å². The van der Waals surface area contributed by atoms with Crippen molar-refractivity contribution in [1.82, 2.24) is 25.3 Å². The lowest BCUT2D eigenvalue weighted by molar-refractivity contribution is -0.137. The van der Waals surface area contributed by atoms with E-state index >= 15 is 0 Å². The second-order valence-corrected chi connectivity index (χ2v) is 8.67. The number of aromatic nitrogens is 4. The molecule has 13 heteroatoms. The van der Waals surface area contributed by atoms with Crippen LogP contribution in [-0.4, -0.2) is 61.8 Å². The number of carboxylic acids is 1. The molecule has 0 aliphatic heterocycles. The van der Waals surface area contributed by atoms with Crippen molar-refractivity contribution in [3.05, 3.63) is 64.8 Å². The van der Waals surface area contributed by atoms with E-state index in [1.165, 1.54) is 13.3 Å². The maximum Gasteiger partial charge on any atom is 0.303 e. The third-order valence-electron chi connectivity index (χ3n) is 5.49. The fourth-order valence-corrected chi connectivity index (χ4v) is 3.82. The fourth-order valence-electron chi connectivity index (χ4n) is 3.54. The van der Waals surface area contributed by atoms with Crippen LogP contribution in [0.5, 0.6) is 5.75 Å². The Hall–Kier alpha value is -4.03. The first-order valence-electron chi connectivity index (χ1n) is 12.0. The van der Waals surface area contributed by atoms with Gasteiger partial charge in [0.1, 0.15) is 23.0 Å². The second-order valence-electron chi connectivity index (χ2n) is 8.27. The molecule has 0 radical (unpaired) electrons. The van der Waals surface area contributed by atoms with E-state index in [1.54, 1.807) is 30.6 Å². The van der Waals surface area contributed by atoms with Crippen LogP contribution in [-0.2, 0) is 17.9 Å². The molecule has 0 aliphatic rings. The van der Waals surface area contributed by atoms with Crippen molar-refractivity contribution >= 4 is 35.2 Å². The zero-order valence-corrected chi connectivity index (χ0v) is 21.6. The van der Waals surface area contributed by atoms with Gasteiger partial charge in [0, 0.05) is 44.2 Å². The average molecular weight is 544 g/mol. The maximum absolute atomic E-state index is 13.0. The minimum absolute atomic E-state index is 0.0203. The maximum atomic E-state index is 13.0. The minimum atomic E-state index is -0.920. The highest BCUT2D eigenvalue weighted by molar-refractivity contribution is 6.32. The number of ether oxygens (including phenoxy) is 1. The van der Waals surface area contributed by atoms with E-state index in [1.807, 2.05) is 6.07 Å². The number of nitrogens with one attached hydrogen (secondary N) is 3. The Morgan fingerprint density at radius 2 is 1.92 bits per heavy atom. The van der Waals surface area contributed by atoms with Crippen LogP contribution in [0.1, 0.15) is 47.4 Å². The Morgan fingerprint density at radius 3 is 2.61 bits per heavy atom. The van der Waals surface area contributed by atoms with Gasteiger partial charge in [-0.1, -0.05) is 17.7 Å². The summed E-state index contributed by atoms with van der Waals surface area (Å²) >= 11 is 6.24. The molecule has 3 aromatic rings. The number of aliphatic hydroxyl groups excluding tert-OH is 1. The first-order chi connectivity index (χ1) is 18.4. The molecule has 202 valence electrons. The van der Waals surface area contributed by atoms with Crippen molar-refractivity contribution in [2.75, 3.05) is 24.4 Å². The summed E-state index contributed by atoms with van der Waals surface area (Å²) in [5.74, 6) is 0.130. The number of benzene rings is 1. The number of amides is 1. The number of carbonyl (C=O) groups is 2. The van der Waals surface area contributed by atoms with Crippen molar-refractivity contribution in [1.29, 1.82) is 0 Å². The number of rotatable bonds is 15. The monoisotopic (exact) mass is 543 g/mol.